The molecule has 0 fully saturated rings. The lowest BCUT2D eigenvalue weighted by molar-refractivity contribution is -0.139. The summed E-state index contributed by atoms with van der Waals surface area (Å²) in [6.07, 6.45) is 1.89. The van der Waals surface area contributed by atoms with E-state index >= 15 is 0 Å². The lowest BCUT2D eigenvalue weighted by Gasteiger charge is -2.14. The number of hydrogen-bond donors (Lipinski definition) is 3. The number of aliphatic carboxylic acids is 1. The molecule has 1 unspecified atom stereocenters. The average Bonchev–Trinajstić information content (AvgIpc) is 2.38. The Hall–Kier alpha value is -1.63. The number of carbonyl (C=O) groups is 2. The monoisotopic (exact) mass is 346 g/mol. The molecular formula is C13H16BrFN2O3. The highest BCUT2D eigenvalue weighted by atomic mass is 79.9. The smallest absolute Gasteiger partial charge is 0.326 e. The molecule has 110 valence electrons. The molecule has 1 aromatic rings. The number of amides is 2. The Morgan fingerprint density at radius 1 is 1.45 bits per heavy atom. The topological polar surface area (TPSA) is 78.4 Å². The van der Waals surface area contributed by atoms with Crippen LogP contribution in [0.5, 0.6) is 0 Å². The van der Waals surface area contributed by atoms with E-state index in [-0.39, 0.29) is 10.2 Å². The molecule has 0 aliphatic carbocycles. The number of rotatable bonds is 6. The number of nitrogens with one attached hydrogen (secondary N) is 2. The van der Waals surface area contributed by atoms with Gasteiger partial charge in [0, 0.05) is 5.69 Å². The van der Waals surface area contributed by atoms with Crippen LogP contribution in [0.4, 0.5) is 14.9 Å². The average molecular weight is 347 g/mol. The first kappa shape index (κ1) is 16.4. The van der Waals surface area contributed by atoms with Gasteiger partial charge < -0.3 is 15.7 Å². The van der Waals surface area contributed by atoms with Gasteiger partial charge in [-0.3, -0.25) is 0 Å². The Kier molecular flexibility index (Phi) is 6.44. The van der Waals surface area contributed by atoms with Crippen molar-refractivity contribution in [2.24, 2.45) is 0 Å². The maximum absolute atomic E-state index is 13.3. The number of anilines is 1. The third-order valence-corrected chi connectivity index (χ3v) is 3.27. The van der Waals surface area contributed by atoms with Crippen LogP contribution in [0.1, 0.15) is 26.2 Å². The van der Waals surface area contributed by atoms with E-state index in [2.05, 4.69) is 26.6 Å². The van der Waals surface area contributed by atoms with E-state index in [4.69, 9.17) is 5.11 Å². The second kappa shape index (κ2) is 7.84. The van der Waals surface area contributed by atoms with E-state index < -0.39 is 23.9 Å². The number of carbonyl (C=O) groups excluding carboxylic acids is 1. The van der Waals surface area contributed by atoms with Gasteiger partial charge in [-0.05, 0) is 40.5 Å². The summed E-state index contributed by atoms with van der Waals surface area (Å²) in [6.45, 7) is 1.93. The van der Waals surface area contributed by atoms with Crippen LogP contribution >= 0.6 is 15.9 Å². The maximum atomic E-state index is 13.3. The Labute approximate surface area is 124 Å². The van der Waals surface area contributed by atoms with Crippen molar-refractivity contribution in [2.45, 2.75) is 32.2 Å². The van der Waals surface area contributed by atoms with Gasteiger partial charge in [-0.1, -0.05) is 19.8 Å². The molecule has 1 atom stereocenters. The maximum Gasteiger partial charge on any atom is 0.326 e. The zero-order valence-electron chi connectivity index (χ0n) is 11.0. The van der Waals surface area contributed by atoms with Crippen molar-refractivity contribution >= 4 is 33.6 Å². The molecule has 2 amide bonds. The van der Waals surface area contributed by atoms with Gasteiger partial charge >= 0.3 is 12.0 Å². The first-order chi connectivity index (χ1) is 9.43. The van der Waals surface area contributed by atoms with Crippen molar-refractivity contribution in [3.8, 4) is 0 Å². The van der Waals surface area contributed by atoms with Crippen molar-refractivity contribution < 1.29 is 19.1 Å². The number of urea groups is 1. The lowest BCUT2D eigenvalue weighted by Crippen LogP contribution is -2.42. The van der Waals surface area contributed by atoms with Crippen LogP contribution in [0, 0.1) is 5.82 Å². The molecule has 0 heterocycles. The SMILES string of the molecule is CCCCC(NC(=O)Nc1ccc(Br)c(F)c1)C(=O)O. The van der Waals surface area contributed by atoms with E-state index in [1.54, 1.807) is 0 Å². The molecule has 0 aliphatic rings. The predicted molar refractivity (Wildman–Crippen MR) is 77.2 cm³/mol. The fourth-order valence-electron chi connectivity index (χ4n) is 1.56. The van der Waals surface area contributed by atoms with Crippen LogP contribution in [-0.2, 0) is 4.79 Å². The molecule has 1 aromatic carbocycles. The number of carboxylic acid groups (broad SMARTS) is 1. The number of carboxylic acids is 1. The van der Waals surface area contributed by atoms with Crippen molar-refractivity contribution in [3.05, 3.63) is 28.5 Å². The van der Waals surface area contributed by atoms with Gasteiger partial charge in [-0.25, -0.2) is 14.0 Å². The van der Waals surface area contributed by atoms with Gasteiger partial charge in [0.1, 0.15) is 11.9 Å². The molecule has 0 radical (unpaired) electrons. The molecule has 3 N–H and O–H groups in total. The Morgan fingerprint density at radius 2 is 2.15 bits per heavy atom. The predicted octanol–water partition coefficient (Wildman–Crippen LogP) is 3.35. The van der Waals surface area contributed by atoms with Crippen molar-refractivity contribution in [1.29, 1.82) is 0 Å². The van der Waals surface area contributed by atoms with E-state index in [1.807, 2.05) is 6.92 Å². The van der Waals surface area contributed by atoms with E-state index in [0.717, 1.165) is 12.5 Å². The first-order valence-corrected chi connectivity index (χ1v) is 6.98. The fraction of sp³-hybridized carbons (Fsp3) is 0.385. The molecule has 0 saturated carbocycles. The van der Waals surface area contributed by atoms with E-state index in [0.29, 0.717) is 12.8 Å². The molecule has 0 aliphatic heterocycles. The third kappa shape index (κ3) is 5.16. The van der Waals surface area contributed by atoms with Gasteiger partial charge in [0.2, 0.25) is 0 Å². The minimum absolute atomic E-state index is 0.253. The lowest BCUT2D eigenvalue weighted by atomic mass is 10.1. The zero-order valence-corrected chi connectivity index (χ0v) is 12.5. The summed E-state index contributed by atoms with van der Waals surface area (Å²) < 4.78 is 13.6. The molecule has 0 aromatic heterocycles. The summed E-state index contributed by atoms with van der Waals surface area (Å²) in [6, 6.07) is 2.49. The summed E-state index contributed by atoms with van der Waals surface area (Å²) in [5.74, 6) is -1.60. The molecule has 1 rings (SSSR count). The summed E-state index contributed by atoms with van der Waals surface area (Å²) in [4.78, 5) is 22.7. The largest absolute Gasteiger partial charge is 0.480 e. The normalized spacial score (nSPS) is 11.8. The van der Waals surface area contributed by atoms with Gasteiger partial charge in [-0.15, -0.1) is 0 Å². The van der Waals surface area contributed by atoms with E-state index in [9.17, 15) is 14.0 Å². The molecular weight excluding hydrogens is 331 g/mol. The first-order valence-electron chi connectivity index (χ1n) is 6.19. The van der Waals surface area contributed by atoms with Crippen LogP contribution in [0.25, 0.3) is 0 Å². The molecule has 0 spiro atoms. The third-order valence-electron chi connectivity index (χ3n) is 2.63. The summed E-state index contributed by atoms with van der Waals surface area (Å²) in [5.41, 5.74) is 0.253. The van der Waals surface area contributed by atoms with Crippen LogP contribution in [-0.4, -0.2) is 23.1 Å². The minimum Gasteiger partial charge on any atom is -0.480 e. The Morgan fingerprint density at radius 3 is 2.70 bits per heavy atom. The number of halogens is 2. The Balaban J connectivity index is 2.60. The summed E-state index contributed by atoms with van der Waals surface area (Å²) in [7, 11) is 0. The van der Waals surface area contributed by atoms with E-state index in [1.165, 1.54) is 12.1 Å². The second-order valence-electron chi connectivity index (χ2n) is 4.26. The second-order valence-corrected chi connectivity index (χ2v) is 5.11. The van der Waals surface area contributed by atoms with Crippen molar-refractivity contribution in [2.75, 3.05) is 5.32 Å². The number of hydrogen-bond acceptors (Lipinski definition) is 2. The molecule has 5 nitrogen and oxygen atoms in total. The fourth-order valence-corrected chi connectivity index (χ4v) is 1.81. The molecule has 0 bridgehead atoms. The molecule has 20 heavy (non-hydrogen) atoms. The molecule has 0 saturated heterocycles. The standard InChI is InChI=1S/C13H16BrFN2O3/c1-2-3-4-11(12(18)19)17-13(20)16-8-5-6-9(14)10(15)7-8/h5-7,11H,2-4H2,1H3,(H,18,19)(H2,16,17,20). The highest BCUT2D eigenvalue weighted by Crippen LogP contribution is 2.19. The van der Waals surface area contributed by atoms with Crippen LogP contribution in [0.3, 0.4) is 0 Å². The number of benzene rings is 1. The summed E-state index contributed by atoms with van der Waals surface area (Å²) in [5, 5.41) is 13.7. The molecule has 7 heteroatoms. The minimum atomic E-state index is -1.09. The summed E-state index contributed by atoms with van der Waals surface area (Å²) >= 11 is 3.00. The highest BCUT2D eigenvalue weighted by molar-refractivity contribution is 9.10. The van der Waals surface area contributed by atoms with Crippen LogP contribution in [0.2, 0.25) is 0 Å². The van der Waals surface area contributed by atoms with Gasteiger partial charge in [0.25, 0.3) is 0 Å². The number of unbranched alkanes of at least 4 members (excludes halogenated alkanes) is 1. The van der Waals surface area contributed by atoms with Crippen LogP contribution < -0.4 is 10.6 Å². The van der Waals surface area contributed by atoms with Crippen molar-refractivity contribution in [1.82, 2.24) is 5.32 Å². The van der Waals surface area contributed by atoms with Gasteiger partial charge in [0.15, 0.2) is 0 Å². The highest BCUT2D eigenvalue weighted by Gasteiger charge is 2.19. The zero-order chi connectivity index (χ0) is 15.1. The van der Waals surface area contributed by atoms with Crippen molar-refractivity contribution in [3.63, 3.8) is 0 Å². The van der Waals surface area contributed by atoms with Crippen LogP contribution in [0.15, 0.2) is 22.7 Å². The van der Waals surface area contributed by atoms with Gasteiger partial charge in [-0.2, -0.15) is 0 Å². The quantitative estimate of drug-likeness (QED) is 0.738. The Bertz CT molecular complexity index is 497. The van der Waals surface area contributed by atoms with Gasteiger partial charge in [0.05, 0.1) is 4.47 Å².